The highest BCUT2D eigenvalue weighted by Crippen LogP contribution is 2.05. The van der Waals surface area contributed by atoms with Crippen molar-refractivity contribution in [1.82, 2.24) is 0 Å². The van der Waals surface area contributed by atoms with Crippen LogP contribution in [-0.2, 0) is 9.53 Å². The summed E-state index contributed by atoms with van der Waals surface area (Å²) >= 11 is 0. The van der Waals surface area contributed by atoms with E-state index in [1.54, 1.807) is 0 Å². The van der Waals surface area contributed by atoms with Crippen molar-refractivity contribution in [1.29, 1.82) is 0 Å². The predicted octanol–water partition coefficient (Wildman–Crippen LogP) is -15.4. The molecule has 0 aromatic carbocycles. The van der Waals surface area contributed by atoms with Crippen LogP contribution in [0.3, 0.4) is 0 Å². The van der Waals surface area contributed by atoms with E-state index in [-0.39, 0.29) is 151 Å². The van der Waals surface area contributed by atoms with E-state index in [2.05, 4.69) is 6.92 Å². The molecule has 0 fully saturated rings. The summed E-state index contributed by atoms with van der Waals surface area (Å²) in [6.45, 7) is -5.63. The molecule has 0 heterocycles. The number of hydrogen-bond acceptors (Lipinski definition) is 34. The normalized spacial score (nSPS) is 10.5. The second kappa shape index (κ2) is 91.6. The molecular formula is C41H102O34. The van der Waals surface area contributed by atoms with Gasteiger partial charge in [0.05, 0.1) is 139 Å². The summed E-state index contributed by atoms with van der Waals surface area (Å²) < 4.78 is 4.75. The van der Waals surface area contributed by atoms with Gasteiger partial charge < -0.3 is 168 Å². The number of ether oxygens (including phenoxy) is 1. The van der Waals surface area contributed by atoms with Gasteiger partial charge >= 0.3 is 5.97 Å². The number of hydrogen-bond donors (Lipinski definition) is 32. The van der Waals surface area contributed by atoms with Crippen LogP contribution in [0.4, 0.5) is 0 Å². The Hall–Kier alpha value is -1.81. The molecule has 0 saturated heterocycles. The van der Waals surface area contributed by atoms with Crippen molar-refractivity contribution < 1.29 is 173 Å². The van der Waals surface area contributed by atoms with Gasteiger partial charge in [0.1, 0.15) is 73.8 Å². The summed E-state index contributed by atoms with van der Waals surface area (Å²) in [7, 11) is 0. The van der Waals surface area contributed by atoms with Crippen molar-refractivity contribution in [3.05, 3.63) is 0 Å². The van der Waals surface area contributed by atoms with Crippen molar-refractivity contribution in [2.75, 3.05) is 145 Å². The number of aliphatic hydroxyl groups excluding tert-OH is 32. The fourth-order valence-electron chi connectivity index (χ4n) is 1.76. The third-order valence-corrected chi connectivity index (χ3v) is 6.35. The monoisotopic (exact) mass is 1140 g/mol. The fraction of sp³-hybridized carbons (Fsp3) is 0.976. The highest BCUT2D eigenvalue weighted by Gasteiger charge is 2.07. The molecule has 75 heavy (non-hydrogen) atoms. The van der Waals surface area contributed by atoms with E-state index < -0.39 is 67.1 Å². The number of carbonyl (C=O) groups excluding carboxylic acids is 1. The Labute approximate surface area is 436 Å². The molecule has 0 radical (unpaired) electrons. The maximum absolute atomic E-state index is 11.1. The molecule has 0 saturated carbocycles. The van der Waals surface area contributed by atoms with Gasteiger partial charge in [-0.25, -0.2) is 0 Å². The van der Waals surface area contributed by atoms with E-state index in [0.29, 0.717) is 6.42 Å². The molecule has 0 amide bonds. The van der Waals surface area contributed by atoms with Gasteiger partial charge in [0.2, 0.25) is 0 Å². The maximum atomic E-state index is 11.1. The third-order valence-electron chi connectivity index (χ3n) is 6.35. The maximum Gasteiger partial charge on any atom is 0.305 e. The molecule has 1 unspecified atom stereocenters. The largest absolute Gasteiger partial charge is 0.463 e. The smallest absolute Gasteiger partial charge is 0.305 e. The number of carbonyl (C=O) groups is 1. The van der Waals surface area contributed by atoms with Crippen LogP contribution in [0.25, 0.3) is 0 Å². The first-order valence-corrected chi connectivity index (χ1v) is 22.7. The molecule has 0 spiro atoms. The minimum atomic E-state index is -0.954. The highest BCUT2D eigenvalue weighted by atomic mass is 16.5. The standard InChI is InChI=1S/C11H22O4.10C3H8O3/c1-2-3-4-5-6-7-11(14)15-9-10(13)8-12;10*4-1-3(6)2-5/h10,12-13H,2-9H2,1H3;10*3-6H,1-2H2. The Balaban J connectivity index is -0.0000000681. The lowest BCUT2D eigenvalue weighted by Crippen LogP contribution is -2.21. The molecule has 0 aromatic heterocycles. The van der Waals surface area contributed by atoms with Crippen LogP contribution in [0.15, 0.2) is 0 Å². The van der Waals surface area contributed by atoms with Crippen LogP contribution < -0.4 is 0 Å². The lowest BCUT2D eigenvalue weighted by Gasteiger charge is -2.08. The van der Waals surface area contributed by atoms with Gasteiger partial charge in [-0.1, -0.05) is 32.6 Å². The van der Waals surface area contributed by atoms with Gasteiger partial charge in [-0.3, -0.25) is 4.79 Å². The number of aliphatic hydroxyl groups is 32. The van der Waals surface area contributed by atoms with Crippen molar-refractivity contribution in [3.8, 4) is 0 Å². The molecule has 0 aliphatic heterocycles. The third kappa shape index (κ3) is 131. The molecule has 34 nitrogen and oxygen atoms in total. The van der Waals surface area contributed by atoms with E-state index in [1.807, 2.05) is 0 Å². The van der Waals surface area contributed by atoms with Crippen molar-refractivity contribution in [3.63, 3.8) is 0 Å². The molecule has 0 bridgehead atoms. The summed E-state index contributed by atoms with van der Waals surface area (Å²) in [4.78, 5) is 11.1. The first-order chi connectivity index (χ1) is 35.3. The van der Waals surface area contributed by atoms with E-state index >= 15 is 0 Å². The Morgan fingerprint density at radius 3 is 0.520 bits per heavy atom. The van der Waals surface area contributed by atoms with E-state index in [9.17, 15) is 4.79 Å². The summed E-state index contributed by atoms with van der Waals surface area (Å²) in [5, 5.41) is 258. The minimum absolute atomic E-state index is 0.107. The second-order valence-electron chi connectivity index (χ2n) is 13.9. The molecule has 0 aliphatic rings. The Morgan fingerprint density at radius 1 is 0.253 bits per heavy atom. The zero-order valence-corrected chi connectivity index (χ0v) is 42.8. The SMILES string of the molecule is CCCCCCCC(=O)OCC(O)CO.OCC(O)CO.OCC(O)CO.OCC(O)CO.OCC(O)CO.OCC(O)CO.OCC(O)CO.OCC(O)CO.OCC(O)CO.OCC(O)CO.OCC(O)CO. The van der Waals surface area contributed by atoms with Crippen LogP contribution in [-0.4, -0.2) is 382 Å². The summed E-state index contributed by atoms with van der Waals surface area (Å²) in [5.41, 5.74) is 0. The molecular weight excluding hydrogens is 1040 g/mol. The molecule has 32 N–H and O–H groups in total. The molecule has 34 heteroatoms. The Kier molecular flexibility index (Phi) is 120. The van der Waals surface area contributed by atoms with Crippen LogP contribution in [0.2, 0.25) is 0 Å². The van der Waals surface area contributed by atoms with Crippen molar-refractivity contribution >= 4 is 5.97 Å². The quantitative estimate of drug-likeness (QED) is 0.0244. The molecule has 0 aliphatic carbocycles. The van der Waals surface area contributed by atoms with Crippen molar-refractivity contribution in [2.24, 2.45) is 0 Å². The van der Waals surface area contributed by atoms with Gasteiger partial charge in [-0.15, -0.1) is 0 Å². The van der Waals surface area contributed by atoms with E-state index in [0.717, 1.165) is 19.3 Å². The first kappa shape index (κ1) is 98.6. The second-order valence-corrected chi connectivity index (χ2v) is 13.9. The molecule has 470 valence electrons. The van der Waals surface area contributed by atoms with Crippen LogP contribution in [0, 0.1) is 0 Å². The predicted molar refractivity (Wildman–Crippen MR) is 259 cm³/mol. The zero-order chi connectivity index (χ0) is 61.4. The number of esters is 1. The Bertz CT molecular complexity index is 692. The summed E-state index contributed by atoms with van der Waals surface area (Å²) in [6.07, 6.45) is -4.64. The van der Waals surface area contributed by atoms with Gasteiger partial charge in [0.25, 0.3) is 0 Å². The average Bonchev–Trinajstić information content (AvgIpc) is 3.47. The lowest BCUT2D eigenvalue weighted by atomic mass is 10.1. The van der Waals surface area contributed by atoms with Crippen LogP contribution in [0.1, 0.15) is 45.4 Å². The molecule has 1 atom stereocenters. The van der Waals surface area contributed by atoms with Crippen LogP contribution in [0.5, 0.6) is 0 Å². The summed E-state index contributed by atoms with van der Waals surface area (Å²) in [5.74, 6) is -0.293. The van der Waals surface area contributed by atoms with Gasteiger partial charge in [-0.05, 0) is 6.42 Å². The van der Waals surface area contributed by atoms with Gasteiger partial charge in [0.15, 0.2) is 0 Å². The van der Waals surface area contributed by atoms with E-state index in [4.69, 9.17) is 168 Å². The van der Waals surface area contributed by atoms with Crippen LogP contribution >= 0.6 is 0 Å². The molecule has 0 aromatic rings. The lowest BCUT2D eigenvalue weighted by molar-refractivity contribution is -0.147. The first-order valence-electron chi connectivity index (χ1n) is 22.7. The minimum Gasteiger partial charge on any atom is -0.463 e. The summed E-state index contributed by atoms with van der Waals surface area (Å²) in [6, 6.07) is 0. The van der Waals surface area contributed by atoms with Crippen molar-refractivity contribution in [2.45, 2.75) is 113 Å². The molecule has 0 rings (SSSR count). The van der Waals surface area contributed by atoms with E-state index in [1.165, 1.54) is 12.8 Å². The van der Waals surface area contributed by atoms with Gasteiger partial charge in [-0.2, -0.15) is 0 Å². The highest BCUT2D eigenvalue weighted by molar-refractivity contribution is 5.69. The average molecular weight is 1140 g/mol. The number of rotatable bonds is 29. The number of unbranched alkanes of at least 4 members (excludes halogenated alkanes) is 4. The Morgan fingerprint density at radius 2 is 0.400 bits per heavy atom. The topological polar surface area (TPSA) is 674 Å². The fourth-order valence-corrected chi connectivity index (χ4v) is 1.76. The zero-order valence-electron chi connectivity index (χ0n) is 42.8. The van der Waals surface area contributed by atoms with Gasteiger partial charge in [0, 0.05) is 6.42 Å².